The molecule has 5 nitrogen and oxygen atoms in total. The Hall–Kier alpha value is -1.35. The Kier molecular flexibility index (Phi) is 6.55. The van der Waals surface area contributed by atoms with Gasteiger partial charge in [0, 0.05) is 0 Å². The topological polar surface area (TPSA) is 89.3 Å². The molecule has 0 aliphatic rings. The van der Waals surface area contributed by atoms with E-state index in [0.717, 1.165) is 6.07 Å². The Bertz CT molecular complexity index is 984. The number of carbonyl (C=O) groups is 1. The van der Waals surface area contributed by atoms with E-state index in [2.05, 4.69) is 21.2 Å². The van der Waals surface area contributed by atoms with Crippen LogP contribution < -0.4 is 11.1 Å². The average Bonchev–Trinajstić information content (AvgIpc) is 2.58. The molecule has 0 aliphatic heterocycles. The largest absolute Gasteiger partial charge is 0.397 e. The van der Waals surface area contributed by atoms with Gasteiger partial charge >= 0.3 is 0 Å². The van der Waals surface area contributed by atoms with E-state index in [-0.39, 0.29) is 44.1 Å². The SMILES string of the molecule is CCS(=O)(=O)c1ccc(CC(=O)Nc2c(N)cc(Cl)c(Br)c2Cl)c(F)c1. The van der Waals surface area contributed by atoms with Crippen molar-refractivity contribution in [3.63, 3.8) is 0 Å². The molecule has 140 valence electrons. The summed E-state index contributed by atoms with van der Waals surface area (Å²) in [6.45, 7) is 1.47. The van der Waals surface area contributed by atoms with E-state index in [0.29, 0.717) is 4.47 Å². The van der Waals surface area contributed by atoms with Gasteiger partial charge in [0.2, 0.25) is 5.91 Å². The Morgan fingerprint density at radius 1 is 1.31 bits per heavy atom. The van der Waals surface area contributed by atoms with Gasteiger partial charge in [-0.05, 0) is 39.7 Å². The number of sulfone groups is 1. The monoisotopic (exact) mass is 482 g/mol. The van der Waals surface area contributed by atoms with Crippen LogP contribution in [0, 0.1) is 5.82 Å². The first-order valence-corrected chi connectivity index (χ1v) is 10.5. The third-order valence-corrected chi connectivity index (χ3v) is 7.26. The smallest absolute Gasteiger partial charge is 0.229 e. The molecule has 0 aromatic heterocycles. The van der Waals surface area contributed by atoms with Crippen molar-refractivity contribution in [3.05, 3.63) is 50.2 Å². The number of nitrogens with one attached hydrogen (secondary N) is 1. The van der Waals surface area contributed by atoms with Crippen LogP contribution in [0.5, 0.6) is 0 Å². The molecular formula is C16H14BrCl2FN2O3S. The highest BCUT2D eigenvalue weighted by Gasteiger charge is 2.18. The first-order chi connectivity index (χ1) is 12.1. The fourth-order valence-corrected chi connectivity index (χ4v) is 3.85. The normalized spacial score (nSPS) is 11.4. The summed E-state index contributed by atoms with van der Waals surface area (Å²) in [4.78, 5) is 12.1. The second-order valence-corrected chi connectivity index (χ2v) is 9.19. The standard InChI is InChI=1S/C16H14BrCl2FN2O3S/c1-2-26(24,25)9-4-3-8(11(20)6-9)5-13(23)22-16-12(21)7-10(18)14(17)15(16)19/h3-4,6-7H,2,5,21H2,1H3,(H,22,23). The Morgan fingerprint density at radius 2 is 1.96 bits per heavy atom. The number of carbonyl (C=O) groups excluding carboxylic acids is 1. The maximum atomic E-state index is 14.2. The van der Waals surface area contributed by atoms with E-state index in [9.17, 15) is 17.6 Å². The van der Waals surface area contributed by atoms with Crippen molar-refractivity contribution in [1.82, 2.24) is 0 Å². The van der Waals surface area contributed by atoms with Gasteiger partial charge in [-0.25, -0.2) is 12.8 Å². The molecule has 3 N–H and O–H groups in total. The van der Waals surface area contributed by atoms with Crippen LogP contribution in [0.15, 0.2) is 33.6 Å². The first-order valence-electron chi connectivity index (χ1n) is 7.30. The van der Waals surface area contributed by atoms with Crippen molar-refractivity contribution >= 4 is 66.3 Å². The van der Waals surface area contributed by atoms with Gasteiger partial charge < -0.3 is 11.1 Å². The molecule has 2 rings (SSSR count). The van der Waals surface area contributed by atoms with Gasteiger partial charge in [0.1, 0.15) is 5.82 Å². The number of hydrogen-bond donors (Lipinski definition) is 2. The maximum absolute atomic E-state index is 14.2. The van der Waals surface area contributed by atoms with Crippen LogP contribution in [0.2, 0.25) is 10.0 Å². The molecule has 2 aromatic rings. The van der Waals surface area contributed by atoms with E-state index in [1.165, 1.54) is 25.1 Å². The number of anilines is 2. The van der Waals surface area contributed by atoms with E-state index >= 15 is 0 Å². The first kappa shape index (κ1) is 21.0. The molecule has 0 atom stereocenters. The van der Waals surface area contributed by atoms with Gasteiger partial charge in [-0.1, -0.05) is 36.2 Å². The maximum Gasteiger partial charge on any atom is 0.229 e. The van der Waals surface area contributed by atoms with Gasteiger partial charge in [-0.2, -0.15) is 0 Å². The van der Waals surface area contributed by atoms with Crippen molar-refractivity contribution in [2.24, 2.45) is 0 Å². The third-order valence-electron chi connectivity index (χ3n) is 3.57. The lowest BCUT2D eigenvalue weighted by Gasteiger charge is -2.13. The minimum Gasteiger partial charge on any atom is -0.397 e. The molecule has 0 bridgehead atoms. The van der Waals surface area contributed by atoms with Crippen molar-refractivity contribution in [1.29, 1.82) is 0 Å². The minimum atomic E-state index is -3.53. The summed E-state index contributed by atoms with van der Waals surface area (Å²) < 4.78 is 38.1. The molecule has 10 heteroatoms. The summed E-state index contributed by atoms with van der Waals surface area (Å²) >= 11 is 15.2. The third kappa shape index (κ3) is 4.49. The minimum absolute atomic E-state index is 0.0419. The number of nitrogen functional groups attached to an aromatic ring is 1. The average molecular weight is 484 g/mol. The Morgan fingerprint density at radius 3 is 2.54 bits per heavy atom. The number of nitrogens with two attached hydrogens (primary N) is 1. The summed E-state index contributed by atoms with van der Waals surface area (Å²) in [6, 6.07) is 4.85. The molecule has 0 saturated heterocycles. The summed E-state index contributed by atoms with van der Waals surface area (Å²) in [7, 11) is -3.53. The molecule has 1 amide bonds. The Balaban J connectivity index is 2.23. The second kappa shape index (κ2) is 8.12. The van der Waals surface area contributed by atoms with Crippen LogP contribution >= 0.6 is 39.1 Å². The molecule has 26 heavy (non-hydrogen) atoms. The number of rotatable bonds is 5. The zero-order valence-electron chi connectivity index (χ0n) is 13.4. The molecule has 0 radical (unpaired) electrons. The van der Waals surface area contributed by atoms with Gasteiger partial charge in [0.25, 0.3) is 0 Å². The van der Waals surface area contributed by atoms with Crippen molar-refractivity contribution < 1.29 is 17.6 Å². The molecule has 0 unspecified atom stereocenters. The lowest BCUT2D eigenvalue weighted by atomic mass is 10.1. The molecular weight excluding hydrogens is 470 g/mol. The van der Waals surface area contributed by atoms with Crippen LogP contribution in [0.4, 0.5) is 15.8 Å². The summed E-state index contributed by atoms with van der Waals surface area (Å²) in [5, 5.41) is 2.91. The molecule has 0 aliphatic carbocycles. The van der Waals surface area contributed by atoms with Crippen LogP contribution in [-0.2, 0) is 21.1 Å². The second-order valence-electron chi connectivity index (χ2n) is 5.33. The quantitative estimate of drug-likeness (QED) is 0.485. The highest BCUT2D eigenvalue weighted by Crippen LogP contribution is 2.40. The van der Waals surface area contributed by atoms with E-state index in [4.69, 9.17) is 28.9 Å². The molecule has 0 saturated carbocycles. The summed E-state index contributed by atoms with van der Waals surface area (Å²) in [5.41, 5.74) is 6.15. The molecule has 0 fully saturated rings. The van der Waals surface area contributed by atoms with E-state index in [1.807, 2.05) is 0 Å². The molecule has 0 spiro atoms. The van der Waals surface area contributed by atoms with Crippen LogP contribution in [0.1, 0.15) is 12.5 Å². The van der Waals surface area contributed by atoms with Gasteiger partial charge in [0.15, 0.2) is 9.84 Å². The lowest BCUT2D eigenvalue weighted by molar-refractivity contribution is -0.115. The van der Waals surface area contributed by atoms with Crippen molar-refractivity contribution in [2.75, 3.05) is 16.8 Å². The molecule has 0 heterocycles. The predicted molar refractivity (Wildman–Crippen MR) is 105 cm³/mol. The Labute approximate surface area is 168 Å². The predicted octanol–water partition coefficient (Wildman–Crippen LogP) is 4.45. The fourth-order valence-electron chi connectivity index (χ4n) is 2.13. The fraction of sp³-hybridized carbons (Fsp3) is 0.188. The molecule has 2 aromatic carbocycles. The van der Waals surface area contributed by atoms with Crippen LogP contribution in [0.25, 0.3) is 0 Å². The number of hydrogen-bond acceptors (Lipinski definition) is 4. The summed E-state index contributed by atoms with van der Waals surface area (Å²) in [5.74, 6) is -1.50. The van der Waals surface area contributed by atoms with Crippen LogP contribution in [0.3, 0.4) is 0 Å². The number of halogens is 4. The van der Waals surface area contributed by atoms with Crippen LogP contribution in [-0.4, -0.2) is 20.1 Å². The van der Waals surface area contributed by atoms with Gasteiger partial charge in [-0.3, -0.25) is 4.79 Å². The number of benzene rings is 2. The van der Waals surface area contributed by atoms with E-state index in [1.54, 1.807) is 0 Å². The zero-order valence-corrected chi connectivity index (χ0v) is 17.4. The number of amides is 1. The van der Waals surface area contributed by atoms with E-state index < -0.39 is 21.6 Å². The van der Waals surface area contributed by atoms with Crippen molar-refractivity contribution in [3.8, 4) is 0 Å². The van der Waals surface area contributed by atoms with Gasteiger partial charge in [0.05, 0.1) is 43.0 Å². The van der Waals surface area contributed by atoms with Gasteiger partial charge in [-0.15, -0.1) is 0 Å². The summed E-state index contributed by atoms with van der Waals surface area (Å²) in [6.07, 6.45) is -0.325. The highest BCUT2D eigenvalue weighted by molar-refractivity contribution is 9.10. The zero-order chi connectivity index (χ0) is 19.6. The highest BCUT2D eigenvalue weighted by atomic mass is 79.9. The van der Waals surface area contributed by atoms with Crippen molar-refractivity contribution in [2.45, 2.75) is 18.2 Å². The lowest BCUT2D eigenvalue weighted by Crippen LogP contribution is -2.17.